The smallest absolute Gasteiger partial charge is 0.393 e. The van der Waals surface area contributed by atoms with E-state index in [1.54, 1.807) is 24.3 Å². The number of alkyl halides is 3. The van der Waals surface area contributed by atoms with Crippen LogP contribution in [0.2, 0.25) is 0 Å². The van der Waals surface area contributed by atoms with Gasteiger partial charge in [-0.05, 0) is 25.0 Å². The summed E-state index contributed by atoms with van der Waals surface area (Å²) in [5, 5.41) is 7.37. The van der Waals surface area contributed by atoms with Gasteiger partial charge in [-0.1, -0.05) is 12.1 Å². The van der Waals surface area contributed by atoms with Crippen LogP contribution in [0.15, 0.2) is 35.1 Å². The molecule has 1 aliphatic rings. The second kappa shape index (κ2) is 7.12. The molecule has 0 saturated carbocycles. The van der Waals surface area contributed by atoms with Gasteiger partial charge in [0, 0.05) is 13.1 Å². The number of hydrogen-bond acceptors (Lipinski definition) is 5. The average molecular weight is 355 g/mol. The van der Waals surface area contributed by atoms with Gasteiger partial charge in [-0.25, -0.2) is 0 Å². The van der Waals surface area contributed by atoms with Crippen molar-refractivity contribution in [1.82, 2.24) is 15.1 Å². The third kappa shape index (κ3) is 4.09. The number of carbonyl (C=O) groups is 1. The standard InChI is InChI=1S/C16H16F3N3O3/c17-16(18,19)11-4-3-7-22(8-11)14(23)9-24-13-6-2-1-5-12(13)15-21-20-10-25-15/h1-2,5-6,10-11H,3-4,7-9H2. The van der Waals surface area contributed by atoms with Crippen molar-refractivity contribution in [1.29, 1.82) is 0 Å². The van der Waals surface area contributed by atoms with E-state index < -0.39 is 18.0 Å². The number of rotatable bonds is 4. The molecule has 1 fully saturated rings. The zero-order chi connectivity index (χ0) is 17.9. The number of ether oxygens (including phenoxy) is 1. The summed E-state index contributed by atoms with van der Waals surface area (Å²) in [6.45, 7) is -0.368. The molecule has 1 aliphatic heterocycles. The summed E-state index contributed by atoms with van der Waals surface area (Å²) in [5.74, 6) is -1.37. The summed E-state index contributed by atoms with van der Waals surface area (Å²) in [5.41, 5.74) is 0.514. The van der Waals surface area contributed by atoms with Crippen molar-refractivity contribution in [2.75, 3.05) is 19.7 Å². The van der Waals surface area contributed by atoms with Gasteiger partial charge < -0.3 is 14.1 Å². The van der Waals surface area contributed by atoms with Crippen LogP contribution in [0.25, 0.3) is 11.5 Å². The summed E-state index contributed by atoms with van der Waals surface area (Å²) in [7, 11) is 0. The van der Waals surface area contributed by atoms with E-state index in [1.165, 1.54) is 11.3 Å². The number of nitrogens with zero attached hydrogens (tertiary/aromatic N) is 3. The summed E-state index contributed by atoms with van der Waals surface area (Å²) in [4.78, 5) is 13.4. The van der Waals surface area contributed by atoms with E-state index in [1.807, 2.05) is 0 Å². The van der Waals surface area contributed by atoms with Crippen LogP contribution in [0.3, 0.4) is 0 Å². The molecule has 0 radical (unpaired) electrons. The fraction of sp³-hybridized carbons (Fsp3) is 0.438. The first kappa shape index (κ1) is 17.2. The first-order valence-corrected chi connectivity index (χ1v) is 7.78. The second-order valence-electron chi connectivity index (χ2n) is 5.75. The number of likely N-dealkylation sites (tertiary alicyclic amines) is 1. The zero-order valence-corrected chi connectivity index (χ0v) is 13.2. The van der Waals surface area contributed by atoms with Crippen LogP contribution in [0.1, 0.15) is 12.8 Å². The Labute approximate surface area is 141 Å². The summed E-state index contributed by atoms with van der Waals surface area (Å²) in [6, 6.07) is 6.77. The predicted molar refractivity (Wildman–Crippen MR) is 80.6 cm³/mol. The van der Waals surface area contributed by atoms with Crippen LogP contribution < -0.4 is 4.74 Å². The lowest BCUT2D eigenvalue weighted by Gasteiger charge is -2.33. The maximum atomic E-state index is 12.8. The van der Waals surface area contributed by atoms with Crippen LogP contribution in [-0.4, -0.2) is 46.9 Å². The summed E-state index contributed by atoms with van der Waals surface area (Å²) in [6.07, 6.45) is -2.74. The first-order chi connectivity index (χ1) is 11.9. The lowest BCUT2D eigenvalue weighted by atomic mass is 9.97. The Kier molecular flexibility index (Phi) is 4.91. The molecule has 1 aromatic carbocycles. The molecule has 1 aromatic heterocycles. The molecule has 25 heavy (non-hydrogen) atoms. The minimum absolute atomic E-state index is 0.0497. The molecule has 0 aliphatic carbocycles. The molecule has 1 amide bonds. The number of halogens is 3. The minimum Gasteiger partial charge on any atom is -0.483 e. The maximum absolute atomic E-state index is 12.8. The van der Waals surface area contributed by atoms with Gasteiger partial charge in [0.15, 0.2) is 6.61 Å². The highest BCUT2D eigenvalue weighted by Crippen LogP contribution is 2.33. The van der Waals surface area contributed by atoms with Gasteiger partial charge in [0.05, 0.1) is 11.5 Å². The zero-order valence-electron chi connectivity index (χ0n) is 13.2. The highest BCUT2D eigenvalue weighted by molar-refractivity contribution is 5.78. The minimum atomic E-state index is -4.29. The van der Waals surface area contributed by atoms with Gasteiger partial charge in [-0.3, -0.25) is 4.79 Å². The fourth-order valence-electron chi connectivity index (χ4n) is 2.76. The molecule has 0 N–H and O–H groups in total. The van der Waals surface area contributed by atoms with Gasteiger partial charge >= 0.3 is 6.18 Å². The van der Waals surface area contributed by atoms with E-state index in [2.05, 4.69) is 10.2 Å². The highest BCUT2D eigenvalue weighted by atomic mass is 19.4. The molecular weight excluding hydrogens is 339 g/mol. The monoisotopic (exact) mass is 355 g/mol. The molecule has 0 bridgehead atoms. The molecule has 2 aromatic rings. The molecule has 1 saturated heterocycles. The first-order valence-electron chi connectivity index (χ1n) is 7.78. The number of piperidine rings is 1. The molecule has 6 nitrogen and oxygen atoms in total. The number of amides is 1. The highest BCUT2D eigenvalue weighted by Gasteiger charge is 2.42. The summed E-state index contributed by atoms with van der Waals surface area (Å²) >= 11 is 0. The second-order valence-corrected chi connectivity index (χ2v) is 5.75. The molecule has 1 unspecified atom stereocenters. The Morgan fingerprint density at radius 2 is 2.16 bits per heavy atom. The molecule has 0 spiro atoms. The Hall–Kier alpha value is -2.58. The normalized spacial score (nSPS) is 18.2. The van der Waals surface area contributed by atoms with Crippen LogP contribution in [0.4, 0.5) is 13.2 Å². The van der Waals surface area contributed by atoms with Crippen molar-refractivity contribution in [2.24, 2.45) is 5.92 Å². The third-order valence-electron chi connectivity index (χ3n) is 4.07. The van der Waals surface area contributed by atoms with E-state index in [4.69, 9.17) is 9.15 Å². The topological polar surface area (TPSA) is 68.5 Å². The van der Waals surface area contributed by atoms with Gasteiger partial charge in [0.1, 0.15) is 5.75 Å². The number of para-hydroxylation sites is 1. The fourth-order valence-corrected chi connectivity index (χ4v) is 2.76. The van der Waals surface area contributed by atoms with Crippen molar-refractivity contribution in [2.45, 2.75) is 19.0 Å². The third-order valence-corrected chi connectivity index (χ3v) is 4.07. The Bertz CT molecular complexity index is 719. The van der Waals surface area contributed by atoms with Crippen LogP contribution in [-0.2, 0) is 4.79 Å². The number of carbonyl (C=O) groups excluding carboxylic acids is 1. The number of benzene rings is 1. The Morgan fingerprint density at radius 1 is 1.36 bits per heavy atom. The molecule has 134 valence electrons. The maximum Gasteiger partial charge on any atom is 0.393 e. The van der Waals surface area contributed by atoms with E-state index in [-0.39, 0.29) is 25.5 Å². The van der Waals surface area contributed by atoms with Crippen molar-refractivity contribution in [3.63, 3.8) is 0 Å². The van der Waals surface area contributed by atoms with E-state index in [0.717, 1.165) is 0 Å². The van der Waals surface area contributed by atoms with Crippen molar-refractivity contribution in [3.8, 4) is 17.2 Å². The van der Waals surface area contributed by atoms with Gasteiger partial charge in [0.25, 0.3) is 11.8 Å². The van der Waals surface area contributed by atoms with E-state index >= 15 is 0 Å². The van der Waals surface area contributed by atoms with Crippen molar-refractivity contribution >= 4 is 5.91 Å². The van der Waals surface area contributed by atoms with E-state index in [0.29, 0.717) is 24.3 Å². The molecule has 3 rings (SSSR count). The van der Waals surface area contributed by atoms with Crippen LogP contribution >= 0.6 is 0 Å². The summed E-state index contributed by atoms with van der Waals surface area (Å²) < 4.78 is 49.1. The van der Waals surface area contributed by atoms with Crippen LogP contribution in [0.5, 0.6) is 5.75 Å². The van der Waals surface area contributed by atoms with Gasteiger partial charge in [-0.2, -0.15) is 13.2 Å². The van der Waals surface area contributed by atoms with E-state index in [9.17, 15) is 18.0 Å². The van der Waals surface area contributed by atoms with Gasteiger partial charge in [-0.15, -0.1) is 10.2 Å². The van der Waals surface area contributed by atoms with Crippen molar-refractivity contribution < 1.29 is 27.1 Å². The van der Waals surface area contributed by atoms with Crippen molar-refractivity contribution in [3.05, 3.63) is 30.7 Å². The molecule has 9 heteroatoms. The SMILES string of the molecule is O=C(COc1ccccc1-c1nnco1)N1CCCC(C(F)(F)F)C1. The Balaban J connectivity index is 1.63. The number of aromatic nitrogens is 2. The Morgan fingerprint density at radius 3 is 2.88 bits per heavy atom. The molecule has 2 heterocycles. The number of hydrogen-bond donors (Lipinski definition) is 0. The van der Waals surface area contributed by atoms with Gasteiger partial charge in [0.2, 0.25) is 6.39 Å². The predicted octanol–water partition coefficient (Wildman–Crippen LogP) is 2.92. The van der Waals surface area contributed by atoms with Crippen LogP contribution in [0, 0.1) is 5.92 Å². The average Bonchev–Trinajstić information content (AvgIpc) is 3.14. The lowest BCUT2D eigenvalue weighted by molar-refractivity contribution is -0.188. The lowest BCUT2D eigenvalue weighted by Crippen LogP contribution is -2.46. The largest absolute Gasteiger partial charge is 0.483 e. The quantitative estimate of drug-likeness (QED) is 0.844. The molecular formula is C16H16F3N3O3. The molecule has 1 atom stereocenters.